The second kappa shape index (κ2) is 5.37. The van der Waals surface area contributed by atoms with Gasteiger partial charge >= 0.3 is 0 Å². The van der Waals surface area contributed by atoms with E-state index in [1.165, 1.54) is 0 Å². The van der Waals surface area contributed by atoms with E-state index in [-0.39, 0.29) is 11.9 Å². The van der Waals surface area contributed by atoms with Crippen LogP contribution in [0.25, 0.3) is 0 Å². The summed E-state index contributed by atoms with van der Waals surface area (Å²) in [4.78, 5) is 19.1. The zero-order valence-corrected chi connectivity index (χ0v) is 12.6. The quantitative estimate of drug-likeness (QED) is 0.907. The van der Waals surface area contributed by atoms with Crippen LogP contribution in [0, 0.1) is 13.8 Å². The van der Waals surface area contributed by atoms with Gasteiger partial charge < -0.3 is 19.2 Å². The number of aryl methyl sites for hydroxylation is 3. The number of rotatable bonds is 2. The van der Waals surface area contributed by atoms with Crippen molar-refractivity contribution in [2.75, 3.05) is 19.6 Å². The van der Waals surface area contributed by atoms with Gasteiger partial charge in [-0.2, -0.15) is 0 Å². The summed E-state index contributed by atoms with van der Waals surface area (Å²) >= 11 is 0. The van der Waals surface area contributed by atoms with Crippen molar-refractivity contribution in [3.05, 3.63) is 41.4 Å². The highest BCUT2D eigenvalue weighted by Gasteiger charge is 2.33. The molecule has 1 unspecified atom stereocenters. The Balaban J connectivity index is 1.93. The normalized spacial score (nSPS) is 19.0. The highest BCUT2D eigenvalue weighted by atomic mass is 16.4. The van der Waals surface area contributed by atoms with Crippen LogP contribution in [-0.4, -0.2) is 40.0 Å². The van der Waals surface area contributed by atoms with Gasteiger partial charge in [-0.15, -0.1) is 0 Å². The number of carbonyl (C=O) groups is 1. The van der Waals surface area contributed by atoms with Crippen molar-refractivity contribution in [2.24, 2.45) is 7.05 Å². The maximum absolute atomic E-state index is 12.8. The summed E-state index contributed by atoms with van der Waals surface area (Å²) in [5.41, 5.74) is 0.884. The van der Waals surface area contributed by atoms with Gasteiger partial charge in [0.25, 0.3) is 5.91 Å². The molecule has 1 N–H and O–H groups in total. The minimum absolute atomic E-state index is 0.0601. The lowest BCUT2D eigenvalue weighted by molar-refractivity contribution is 0.0586. The molecule has 0 saturated carbocycles. The van der Waals surface area contributed by atoms with Gasteiger partial charge in [0.15, 0.2) is 5.76 Å². The molecule has 3 rings (SSSR count). The average molecular weight is 288 g/mol. The molecule has 1 aliphatic rings. The zero-order valence-electron chi connectivity index (χ0n) is 12.6. The molecule has 2 aromatic heterocycles. The van der Waals surface area contributed by atoms with E-state index in [1.54, 1.807) is 6.20 Å². The summed E-state index contributed by atoms with van der Waals surface area (Å²) in [5, 5.41) is 3.33. The third-order valence-electron chi connectivity index (χ3n) is 3.90. The fourth-order valence-electron chi connectivity index (χ4n) is 2.86. The number of hydrogen-bond acceptors (Lipinski definition) is 4. The zero-order chi connectivity index (χ0) is 15.0. The molecule has 0 aliphatic carbocycles. The van der Waals surface area contributed by atoms with Crippen molar-refractivity contribution in [1.29, 1.82) is 0 Å². The van der Waals surface area contributed by atoms with Gasteiger partial charge in [0.1, 0.15) is 17.6 Å². The Morgan fingerprint density at radius 2 is 2.29 bits per heavy atom. The number of nitrogens with one attached hydrogen (secondary N) is 1. The Hall–Kier alpha value is -2.08. The van der Waals surface area contributed by atoms with E-state index in [0.29, 0.717) is 18.8 Å². The smallest absolute Gasteiger partial charge is 0.290 e. The van der Waals surface area contributed by atoms with Crippen LogP contribution in [-0.2, 0) is 7.05 Å². The number of nitrogens with zero attached hydrogens (tertiary/aromatic N) is 3. The number of amides is 1. The molecule has 0 radical (unpaired) electrons. The van der Waals surface area contributed by atoms with Gasteiger partial charge in [0.05, 0.1) is 0 Å². The SMILES string of the molecule is Cc1cc(C)c(C(=O)N2CCNCC2c2nccn2C)o1. The molecule has 1 fully saturated rings. The fraction of sp³-hybridized carbons (Fsp3) is 0.467. The maximum Gasteiger partial charge on any atom is 0.290 e. The predicted octanol–water partition coefficient (Wildman–Crippen LogP) is 1.42. The first-order valence-corrected chi connectivity index (χ1v) is 7.14. The third-order valence-corrected chi connectivity index (χ3v) is 3.90. The van der Waals surface area contributed by atoms with Crippen molar-refractivity contribution in [1.82, 2.24) is 19.8 Å². The van der Waals surface area contributed by atoms with Crippen LogP contribution < -0.4 is 5.32 Å². The molecule has 6 heteroatoms. The molecule has 1 atom stereocenters. The highest BCUT2D eigenvalue weighted by Crippen LogP contribution is 2.25. The van der Waals surface area contributed by atoms with E-state index in [0.717, 1.165) is 23.7 Å². The first kappa shape index (κ1) is 13.9. The first-order chi connectivity index (χ1) is 10.1. The Morgan fingerprint density at radius 1 is 1.48 bits per heavy atom. The van der Waals surface area contributed by atoms with Crippen molar-refractivity contribution >= 4 is 5.91 Å². The van der Waals surface area contributed by atoms with Gasteiger partial charge in [-0.1, -0.05) is 0 Å². The molecule has 1 saturated heterocycles. The molecule has 6 nitrogen and oxygen atoms in total. The molecule has 2 aromatic rings. The predicted molar refractivity (Wildman–Crippen MR) is 78.0 cm³/mol. The third kappa shape index (κ3) is 2.47. The topological polar surface area (TPSA) is 63.3 Å². The molecular formula is C15H20N4O2. The highest BCUT2D eigenvalue weighted by molar-refractivity contribution is 5.93. The molecule has 0 aromatic carbocycles. The summed E-state index contributed by atoms with van der Waals surface area (Å²) in [7, 11) is 1.95. The monoisotopic (exact) mass is 288 g/mol. The lowest BCUT2D eigenvalue weighted by atomic mass is 10.1. The van der Waals surface area contributed by atoms with Gasteiger partial charge in [0, 0.05) is 44.6 Å². The lowest BCUT2D eigenvalue weighted by Crippen LogP contribution is -2.49. The Kier molecular flexibility index (Phi) is 3.55. The van der Waals surface area contributed by atoms with E-state index in [9.17, 15) is 4.79 Å². The maximum atomic E-state index is 12.8. The van der Waals surface area contributed by atoms with Crippen LogP contribution in [0.15, 0.2) is 22.9 Å². The summed E-state index contributed by atoms with van der Waals surface area (Å²) < 4.78 is 7.54. The number of furan rings is 1. The van der Waals surface area contributed by atoms with Crippen LogP contribution in [0.3, 0.4) is 0 Å². The summed E-state index contributed by atoms with van der Waals surface area (Å²) in [6.45, 7) is 5.90. The number of aromatic nitrogens is 2. The van der Waals surface area contributed by atoms with Crippen molar-refractivity contribution in [2.45, 2.75) is 19.9 Å². The Labute approximate surface area is 123 Å². The Morgan fingerprint density at radius 3 is 2.90 bits per heavy atom. The first-order valence-electron chi connectivity index (χ1n) is 7.14. The van der Waals surface area contributed by atoms with Crippen LogP contribution in [0.2, 0.25) is 0 Å². The van der Waals surface area contributed by atoms with Crippen LogP contribution >= 0.6 is 0 Å². The van der Waals surface area contributed by atoms with Crippen molar-refractivity contribution in [3.8, 4) is 0 Å². The van der Waals surface area contributed by atoms with Gasteiger partial charge in [-0.05, 0) is 19.9 Å². The number of carbonyl (C=O) groups excluding carboxylic acids is 1. The minimum atomic E-state index is -0.0731. The van der Waals surface area contributed by atoms with E-state index in [4.69, 9.17) is 4.42 Å². The van der Waals surface area contributed by atoms with E-state index in [2.05, 4.69) is 10.3 Å². The second-order valence-corrected chi connectivity index (χ2v) is 5.48. The largest absolute Gasteiger partial charge is 0.456 e. The number of piperazine rings is 1. The lowest BCUT2D eigenvalue weighted by Gasteiger charge is -2.35. The van der Waals surface area contributed by atoms with Crippen molar-refractivity contribution in [3.63, 3.8) is 0 Å². The molecule has 3 heterocycles. The van der Waals surface area contributed by atoms with Crippen LogP contribution in [0.1, 0.15) is 33.7 Å². The molecule has 21 heavy (non-hydrogen) atoms. The number of imidazole rings is 1. The Bertz CT molecular complexity index is 658. The van der Waals surface area contributed by atoms with E-state index < -0.39 is 0 Å². The van der Waals surface area contributed by atoms with E-state index >= 15 is 0 Å². The summed E-state index contributed by atoms with van der Waals surface area (Å²) in [6, 6.07) is 1.82. The molecule has 0 spiro atoms. The average Bonchev–Trinajstić information content (AvgIpc) is 3.03. The second-order valence-electron chi connectivity index (χ2n) is 5.48. The van der Waals surface area contributed by atoms with Gasteiger partial charge in [0.2, 0.25) is 0 Å². The number of hydrogen-bond donors (Lipinski definition) is 1. The van der Waals surface area contributed by atoms with Crippen LogP contribution in [0.5, 0.6) is 0 Å². The minimum Gasteiger partial charge on any atom is -0.456 e. The van der Waals surface area contributed by atoms with Gasteiger partial charge in [-0.25, -0.2) is 4.98 Å². The molecule has 1 aliphatic heterocycles. The van der Waals surface area contributed by atoms with Crippen molar-refractivity contribution < 1.29 is 9.21 Å². The fourth-order valence-corrected chi connectivity index (χ4v) is 2.86. The molecule has 1 amide bonds. The standard InChI is InChI=1S/C15H20N4O2/c1-10-8-11(2)21-13(10)15(20)19-7-4-16-9-12(19)14-17-5-6-18(14)3/h5-6,8,12,16H,4,7,9H2,1-3H3. The summed E-state index contributed by atoms with van der Waals surface area (Å²) in [5.74, 6) is 2.03. The summed E-state index contributed by atoms with van der Waals surface area (Å²) in [6.07, 6.45) is 3.66. The molecular weight excluding hydrogens is 268 g/mol. The van der Waals surface area contributed by atoms with E-state index in [1.807, 2.05) is 42.6 Å². The molecule has 0 bridgehead atoms. The van der Waals surface area contributed by atoms with Gasteiger partial charge in [-0.3, -0.25) is 4.79 Å². The molecule has 112 valence electrons. The van der Waals surface area contributed by atoms with Crippen LogP contribution in [0.4, 0.5) is 0 Å².